The zero-order chi connectivity index (χ0) is 22.9. The molecule has 3 aromatic heterocycles. The summed E-state index contributed by atoms with van der Waals surface area (Å²) in [4.78, 5) is 35.2. The minimum Gasteiger partial charge on any atom is -0.343 e. The average molecular weight is 444 g/mol. The SMILES string of the molecule is CC(=O)N1CCC(c2nc(-c3ccc(C)c(NC(=O)c4cnc5ccccn45)c3)no2)CC1. The Morgan fingerprint density at radius 1 is 1.15 bits per heavy atom. The maximum Gasteiger partial charge on any atom is 0.274 e. The van der Waals surface area contributed by atoms with Crippen LogP contribution in [0.1, 0.15) is 47.6 Å². The summed E-state index contributed by atoms with van der Waals surface area (Å²) in [5, 5.41) is 7.14. The van der Waals surface area contributed by atoms with Crippen LogP contribution < -0.4 is 5.32 Å². The maximum atomic E-state index is 12.9. The Morgan fingerprint density at radius 2 is 1.97 bits per heavy atom. The number of anilines is 1. The standard InChI is InChI=1S/C24H24N6O3/c1-15-6-7-18(22-27-24(33-28-22)17-8-11-29(12-9-17)16(2)31)13-19(15)26-23(32)20-14-25-21-5-3-4-10-30(20)21/h3-7,10,13-14,17H,8-9,11-12H2,1-2H3,(H,26,32). The van der Waals surface area contributed by atoms with E-state index >= 15 is 0 Å². The van der Waals surface area contributed by atoms with Crippen molar-refractivity contribution in [2.45, 2.75) is 32.6 Å². The van der Waals surface area contributed by atoms with Crippen LogP contribution in [-0.4, -0.2) is 49.3 Å². The Balaban J connectivity index is 1.34. The lowest BCUT2D eigenvalue weighted by Gasteiger charge is -2.29. The highest BCUT2D eigenvalue weighted by atomic mass is 16.5. The highest BCUT2D eigenvalue weighted by molar-refractivity contribution is 6.04. The number of nitrogens with one attached hydrogen (secondary N) is 1. The minimum atomic E-state index is -0.250. The van der Waals surface area contributed by atoms with Gasteiger partial charge in [0.1, 0.15) is 11.3 Å². The Morgan fingerprint density at radius 3 is 2.76 bits per heavy atom. The molecular formula is C24H24N6O3. The fraction of sp³-hybridized carbons (Fsp3) is 0.292. The van der Waals surface area contributed by atoms with Crippen molar-refractivity contribution >= 4 is 23.1 Å². The van der Waals surface area contributed by atoms with Gasteiger partial charge >= 0.3 is 0 Å². The first kappa shape index (κ1) is 20.9. The lowest BCUT2D eigenvalue weighted by atomic mass is 9.97. The van der Waals surface area contributed by atoms with Crippen LogP contribution in [-0.2, 0) is 4.79 Å². The van der Waals surface area contributed by atoms with Crippen molar-refractivity contribution in [1.29, 1.82) is 0 Å². The van der Waals surface area contributed by atoms with Crippen molar-refractivity contribution in [3.8, 4) is 11.4 Å². The number of hydrogen-bond acceptors (Lipinski definition) is 6. The number of pyridine rings is 1. The number of benzene rings is 1. The van der Waals surface area contributed by atoms with Gasteiger partial charge in [-0.1, -0.05) is 23.4 Å². The van der Waals surface area contributed by atoms with E-state index in [9.17, 15) is 9.59 Å². The first-order valence-corrected chi connectivity index (χ1v) is 10.9. The number of imidazole rings is 1. The van der Waals surface area contributed by atoms with Crippen LogP contribution in [0.2, 0.25) is 0 Å². The molecule has 9 nitrogen and oxygen atoms in total. The van der Waals surface area contributed by atoms with Gasteiger partial charge in [0.05, 0.1) is 6.20 Å². The summed E-state index contributed by atoms with van der Waals surface area (Å²) in [5.74, 6) is 1.05. The monoisotopic (exact) mass is 444 g/mol. The molecule has 1 fully saturated rings. The largest absolute Gasteiger partial charge is 0.343 e. The maximum absolute atomic E-state index is 12.9. The Bertz CT molecular complexity index is 1330. The fourth-order valence-electron chi connectivity index (χ4n) is 4.14. The van der Waals surface area contributed by atoms with Crippen LogP contribution >= 0.6 is 0 Å². The van der Waals surface area contributed by atoms with Crippen LogP contribution in [0.5, 0.6) is 0 Å². The fourth-order valence-corrected chi connectivity index (χ4v) is 4.14. The molecule has 0 saturated carbocycles. The quantitative estimate of drug-likeness (QED) is 0.515. The molecule has 1 aromatic carbocycles. The van der Waals surface area contributed by atoms with Gasteiger partial charge in [-0.25, -0.2) is 4.98 Å². The number of carbonyl (C=O) groups is 2. The van der Waals surface area contributed by atoms with E-state index in [2.05, 4.69) is 20.4 Å². The normalized spacial score (nSPS) is 14.5. The number of aromatic nitrogens is 4. The number of likely N-dealkylation sites (tertiary alicyclic amines) is 1. The Hall–Kier alpha value is -4.01. The zero-order valence-corrected chi connectivity index (χ0v) is 18.5. The molecule has 1 saturated heterocycles. The van der Waals surface area contributed by atoms with Crippen LogP contribution in [0.25, 0.3) is 17.0 Å². The Labute approximate surface area is 190 Å². The van der Waals surface area contributed by atoms with Crippen molar-refractivity contribution in [2.24, 2.45) is 0 Å². The van der Waals surface area contributed by atoms with E-state index in [0.29, 0.717) is 41.8 Å². The summed E-state index contributed by atoms with van der Waals surface area (Å²) in [5.41, 5.74) is 3.51. The van der Waals surface area contributed by atoms with Crippen molar-refractivity contribution in [1.82, 2.24) is 24.4 Å². The molecule has 0 bridgehead atoms. The van der Waals surface area contributed by atoms with E-state index in [1.807, 2.05) is 54.4 Å². The second-order valence-electron chi connectivity index (χ2n) is 8.29. The number of carbonyl (C=O) groups excluding carboxylic acids is 2. The molecule has 1 N–H and O–H groups in total. The first-order valence-electron chi connectivity index (χ1n) is 10.9. The average Bonchev–Trinajstić information content (AvgIpc) is 3.48. The molecular weight excluding hydrogens is 420 g/mol. The zero-order valence-electron chi connectivity index (χ0n) is 18.5. The second-order valence-corrected chi connectivity index (χ2v) is 8.29. The van der Waals surface area contributed by atoms with E-state index in [1.54, 1.807) is 17.5 Å². The summed E-state index contributed by atoms with van der Waals surface area (Å²) >= 11 is 0. The topological polar surface area (TPSA) is 106 Å². The summed E-state index contributed by atoms with van der Waals surface area (Å²) in [7, 11) is 0. The molecule has 0 atom stereocenters. The van der Waals surface area contributed by atoms with Crippen LogP contribution in [0.15, 0.2) is 53.3 Å². The van der Waals surface area contributed by atoms with E-state index in [4.69, 9.17) is 4.52 Å². The number of nitrogens with zero attached hydrogens (tertiary/aromatic N) is 5. The molecule has 1 aliphatic heterocycles. The van der Waals surface area contributed by atoms with Gasteiger partial charge in [0.2, 0.25) is 17.6 Å². The number of rotatable bonds is 4. The molecule has 5 rings (SSSR count). The van der Waals surface area contributed by atoms with E-state index in [0.717, 1.165) is 24.0 Å². The van der Waals surface area contributed by atoms with Gasteiger partial charge in [-0.05, 0) is 43.5 Å². The predicted molar refractivity (Wildman–Crippen MR) is 122 cm³/mol. The molecule has 0 unspecified atom stereocenters. The Kier molecular flexibility index (Phi) is 5.37. The van der Waals surface area contributed by atoms with Crippen LogP contribution in [0.3, 0.4) is 0 Å². The molecule has 4 heterocycles. The molecule has 0 radical (unpaired) electrons. The minimum absolute atomic E-state index is 0.0952. The van der Waals surface area contributed by atoms with Crippen molar-refractivity contribution in [3.63, 3.8) is 0 Å². The van der Waals surface area contributed by atoms with Crippen LogP contribution in [0.4, 0.5) is 5.69 Å². The third kappa shape index (κ3) is 4.09. The molecule has 9 heteroatoms. The summed E-state index contributed by atoms with van der Waals surface area (Å²) in [6, 6.07) is 11.3. The second kappa shape index (κ2) is 8.50. The highest BCUT2D eigenvalue weighted by Crippen LogP contribution is 2.30. The lowest BCUT2D eigenvalue weighted by molar-refractivity contribution is -0.129. The smallest absolute Gasteiger partial charge is 0.274 e. The molecule has 0 spiro atoms. The van der Waals surface area contributed by atoms with Gasteiger partial charge in [-0.3, -0.25) is 14.0 Å². The molecule has 2 amide bonds. The highest BCUT2D eigenvalue weighted by Gasteiger charge is 2.26. The van der Waals surface area contributed by atoms with Gasteiger partial charge in [-0.15, -0.1) is 0 Å². The van der Waals surface area contributed by atoms with E-state index in [1.165, 1.54) is 0 Å². The van der Waals surface area contributed by atoms with Crippen molar-refractivity contribution in [2.75, 3.05) is 18.4 Å². The predicted octanol–water partition coefficient (Wildman–Crippen LogP) is 3.67. The number of amides is 2. The third-order valence-corrected chi connectivity index (χ3v) is 6.12. The van der Waals surface area contributed by atoms with Gasteiger partial charge in [0.25, 0.3) is 5.91 Å². The molecule has 33 heavy (non-hydrogen) atoms. The van der Waals surface area contributed by atoms with Crippen LogP contribution in [0, 0.1) is 6.92 Å². The van der Waals surface area contributed by atoms with E-state index < -0.39 is 0 Å². The van der Waals surface area contributed by atoms with Crippen molar-refractivity contribution < 1.29 is 14.1 Å². The molecule has 1 aliphatic rings. The number of aryl methyl sites for hydroxylation is 1. The van der Waals surface area contributed by atoms with Gasteiger partial charge in [0, 0.05) is 43.4 Å². The van der Waals surface area contributed by atoms with Gasteiger partial charge in [0.15, 0.2) is 0 Å². The third-order valence-electron chi connectivity index (χ3n) is 6.12. The molecule has 4 aromatic rings. The van der Waals surface area contributed by atoms with Gasteiger partial charge < -0.3 is 14.7 Å². The first-order chi connectivity index (χ1) is 16.0. The number of piperidine rings is 1. The lowest BCUT2D eigenvalue weighted by Crippen LogP contribution is -2.36. The van der Waals surface area contributed by atoms with E-state index in [-0.39, 0.29) is 17.7 Å². The summed E-state index contributed by atoms with van der Waals surface area (Å²) < 4.78 is 7.30. The molecule has 168 valence electrons. The number of fused-ring (bicyclic) bond motifs is 1. The number of hydrogen-bond donors (Lipinski definition) is 1. The summed E-state index contributed by atoms with van der Waals surface area (Å²) in [6.07, 6.45) is 4.97. The molecule has 0 aliphatic carbocycles. The van der Waals surface area contributed by atoms with Crippen molar-refractivity contribution in [3.05, 3.63) is 65.9 Å². The van der Waals surface area contributed by atoms with Gasteiger partial charge in [-0.2, -0.15) is 4.98 Å². The summed E-state index contributed by atoms with van der Waals surface area (Å²) in [6.45, 7) is 4.91.